The number of rotatable bonds is 3. The summed E-state index contributed by atoms with van der Waals surface area (Å²) in [5.74, 6) is 0. The van der Waals surface area contributed by atoms with Gasteiger partial charge in [-0.1, -0.05) is 12.2 Å². The van der Waals surface area contributed by atoms with Crippen molar-refractivity contribution in [1.29, 1.82) is 0 Å². The molecule has 1 saturated heterocycles. The van der Waals surface area contributed by atoms with Crippen LogP contribution in [-0.4, -0.2) is 43.5 Å². The number of hydrogen-bond donors (Lipinski definition) is 1. The predicted molar refractivity (Wildman–Crippen MR) is 79.0 cm³/mol. The maximum atomic E-state index is 12.5. The van der Waals surface area contributed by atoms with Gasteiger partial charge in [0.1, 0.15) is 9.20 Å². The lowest BCUT2D eigenvalue weighted by atomic mass is 10.4. The van der Waals surface area contributed by atoms with Crippen LogP contribution in [0.2, 0.25) is 0 Å². The van der Waals surface area contributed by atoms with Gasteiger partial charge in [-0.3, -0.25) is 0 Å². The number of ether oxygens (including phenoxy) is 1. The highest BCUT2D eigenvalue weighted by molar-refractivity contribution is 7.91. The van der Waals surface area contributed by atoms with Gasteiger partial charge in [-0.05, 0) is 25.5 Å². The van der Waals surface area contributed by atoms with E-state index < -0.39 is 10.0 Å². The minimum atomic E-state index is -3.47. The summed E-state index contributed by atoms with van der Waals surface area (Å²) in [5.41, 5.74) is 5.51. The van der Waals surface area contributed by atoms with Crippen LogP contribution in [0.5, 0.6) is 0 Å². The van der Waals surface area contributed by atoms with Gasteiger partial charge in [-0.15, -0.1) is 11.3 Å². The van der Waals surface area contributed by atoms with Crippen molar-refractivity contribution in [2.24, 2.45) is 5.73 Å². The second-order valence-electron chi connectivity index (χ2n) is 4.38. The van der Waals surface area contributed by atoms with Gasteiger partial charge in [0.15, 0.2) is 0 Å². The molecular formula is C11H16N2O3S3. The van der Waals surface area contributed by atoms with Crippen molar-refractivity contribution < 1.29 is 13.2 Å². The number of sulfonamides is 1. The van der Waals surface area contributed by atoms with Crippen LogP contribution in [0.4, 0.5) is 0 Å². The minimum Gasteiger partial charge on any atom is -0.389 e. The topological polar surface area (TPSA) is 72.6 Å². The molecule has 0 bridgehead atoms. The number of thiophene rings is 1. The highest BCUT2D eigenvalue weighted by Gasteiger charge is 2.29. The fourth-order valence-corrected chi connectivity index (χ4v) is 4.95. The first-order valence-electron chi connectivity index (χ1n) is 5.92. The molecule has 19 heavy (non-hydrogen) atoms. The molecule has 0 aliphatic carbocycles. The largest absolute Gasteiger partial charge is 0.389 e. The molecule has 0 saturated carbocycles. The van der Waals surface area contributed by atoms with Gasteiger partial charge >= 0.3 is 0 Å². The Hall–Kier alpha value is -0.540. The first-order valence-corrected chi connectivity index (χ1v) is 8.59. The van der Waals surface area contributed by atoms with Crippen LogP contribution in [0, 0.1) is 0 Å². The lowest BCUT2D eigenvalue weighted by Crippen LogP contribution is -2.35. The van der Waals surface area contributed by atoms with Crippen LogP contribution in [0.25, 0.3) is 0 Å². The Morgan fingerprint density at radius 3 is 2.95 bits per heavy atom. The minimum absolute atomic E-state index is 0.0905. The Bertz CT molecular complexity index is 567. The summed E-state index contributed by atoms with van der Waals surface area (Å²) >= 11 is 5.97. The molecule has 2 rings (SSSR count). The molecule has 0 spiro atoms. The Kier molecular flexibility index (Phi) is 4.57. The standard InChI is InChI=1S/C11H16N2O3S3/c1-8-7-13(5-2-6-16-8)19(14,15)10-4-3-9(18-10)11(12)17/h3-4,8H,2,5-7H2,1H3,(H2,12,17). The number of nitrogens with zero attached hydrogens (tertiary/aromatic N) is 1. The highest BCUT2D eigenvalue weighted by atomic mass is 32.2. The molecule has 8 heteroatoms. The number of hydrogen-bond acceptors (Lipinski definition) is 5. The molecule has 5 nitrogen and oxygen atoms in total. The molecule has 1 aliphatic heterocycles. The van der Waals surface area contributed by atoms with E-state index in [4.69, 9.17) is 22.7 Å². The summed E-state index contributed by atoms with van der Waals surface area (Å²) < 4.78 is 32.3. The van der Waals surface area contributed by atoms with Crippen LogP contribution in [0.15, 0.2) is 16.3 Å². The molecule has 2 N–H and O–H groups in total. The molecule has 0 aromatic carbocycles. The Labute approximate surface area is 122 Å². The third kappa shape index (κ3) is 3.32. The average Bonchev–Trinajstić information content (AvgIpc) is 2.74. The van der Waals surface area contributed by atoms with E-state index in [2.05, 4.69) is 0 Å². The third-order valence-electron chi connectivity index (χ3n) is 2.83. The highest BCUT2D eigenvalue weighted by Crippen LogP contribution is 2.26. The number of thiocarbonyl (C=S) groups is 1. The lowest BCUT2D eigenvalue weighted by Gasteiger charge is -2.20. The van der Waals surface area contributed by atoms with E-state index in [0.29, 0.717) is 31.0 Å². The van der Waals surface area contributed by atoms with Crippen LogP contribution in [0.1, 0.15) is 18.2 Å². The van der Waals surface area contributed by atoms with E-state index in [1.807, 2.05) is 6.92 Å². The maximum absolute atomic E-state index is 12.5. The van der Waals surface area contributed by atoms with Crippen molar-refractivity contribution in [2.45, 2.75) is 23.7 Å². The molecular weight excluding hydrogens is 304 g/mol. The summed E-state index contributed by atoms with van der Waals surface area (Å²) in [6.07, 6.45) is 0.615. The summed E-state index contributed by atoms with van der Waals surface area (Å²) in [6.45, 7) is 3.33. The lowest BCUT2D eigenvalue weighted by molar-refractivity contribution is 0.0752. The van der Waals surface area contributed by atoms with Crippen molar-refractivity contribution in [3.8, 4) is 0 Å². The van der Waals surface area contributed by atoms with Gasteiger partial charge in [-0.25, -0.2) is 8.42 Å². The van der Waals surface area contributed by atoms with E-state index in [9.17, 15) is 8.42 Å². The first kappa shape index (κ1) is 14.9. The van der Waals surface area contributed by atoms with Gasteiger partial charge in [-0.2, -0.15) is 4.31 Å². The summed E-state index contributed by atoms with van der Waals surface area (Å²) in [5, 5.41) is 0. The van der Waals surface area contributed by atoms with Gasteiger partial charge in [0, 0.05) is 19.7 Å². The smallest absolute Gasteiger partial charge is 0.252 e. The van der Waals surface area contributed by atoms with Gasteiger partial charge in [0.05, 0.1) is 11.0 Å². The van der Waals surface area contributed by atoms with Crippen LogP contribution >= 0.6 is 23.6 Å². The molecule has 1 unspecified atom stereocenters. The molecule has 1 aromatic rings. The van der Waals surface area contributed by atoms with Crippen molar-refractivity contribution in [1.82, 2.24) is 4.31 Å². The Balaban J connectivity index is 2.27. The molecule has 1 fully saturated rings. The molecule has 0 amide bonds. The first-order chi connectivity index (χ1) is 8.91. The summed E-state index contributed by atoms with van der Waals surface area (Å²) in [6, 6.07) is 3.21. The van der Waals surface area contributed by atoms with Gasteiger partial charge in [0.2, 0.25) is 0 Å². The normalized spacial score (nSPS) is 22.1. The van der Waals surface area contributed by atoms with Crippen LogP contribution < -0.4 is 5.73 Å². The molecule has 1 atom stereocenters. The molecule has 0 radical (unpaired) electrons. The average molecular weight is 320 g/mol. The zero-order valence-electron chi connectivity index (χ0n) is 10.5. The quantitative estimate of drug-likeness (QED) is 0.847. The van der Waals surface area contributed by atoms with E-state index >= 15 is 0 Å². The monoisotopic (exact) mass is 320 g/mol. The summed E-state index contributed by atoms with van der Waals surface area (Å²) in [4.78, 5) is 0.840. The van der Waals surface area contributed by atoms with E-state index in [1.54, 1.807) is 12.1 Å². The Morgan fingerprint density at radius 2 is 2.32 bits per heavy atom. The van der Waals surface area contributed by atoms with Crippen molar-refractivity contribution in [2.75, 3.05) is 19.7 Å². The second kappa shape index (κ2) is 5.84. The zero-order chi connectivity index (χ0) is 14.0. The van der Waals surface area contributed by atoms with Crippen LogP contribution in [-0.2, 0) is 14.8 Å². The van der Waals surface area contributed by atoms with Crippen LogP contribution in [0.3, 0.4) is 0 Å². The van der Waals surface area contributed by atoms with Gasteiger partial charge in [0.25, 0.3) is 10.0 Å². The Morgan fingerprint density at radius 1 is 1.58 bits per heavy atom. The molecule has 1 aliphatic rings. The fourth-order valence-electron chi connectivity index (χ4n) is 1.89. The zero-order valence-corrected chi connectivity index (χ0v) is 13.0. The molecule has 106 valence electrons. The third-order valence-corrected chi connectivity index (χ3v) is 6.63. The van der Waals surface area contributed by atoms with E-state index in [1.165, 1.54) is 4.31 Å². The van der Waals surface area contributed by atoms with E-state index in [-0.39, 0.29) is 15.3 Å². The molecule has 1 aromatic heterocycles. The second-order valence-corrected chi connectivity index (χ2v) is 8.07. The van der Waals surface area contributed by atoms with Crippen molar-refractivity contribution in [3.05, 3.63) is 17.0 Å². The van der Waals surface area contributed by atoms with Crippen molar-refractivity contribution in [3.63, 3.8) is 0 Å². The number of nitrogens with two attached hydrogens (primary N) is 1. The van der Waals surface area contributed by atoms with E-state index in [0.717, 1.165) is 11.3 Å². The predicted octanol–water partition coefficient (Wildman–Crippen LogP) is 1.18. The fraction of sp³-hybridized carbons (Fsp3) is 0.545. The van der Waals surface area contributed by atoms with Crippen molar-refractivity contribution >= 4 is 38.6 Å². The van der Waals surface area contributed by atoms with Gasteiger partial charge < -0.3 is 10.5 Å². The SMILES string of the molecule is CC1CN(S(=O)(=O)c2ccc(C(N)=S)s2)CCCO1. The molecule has 2 heterocycles. The summed E-state index contributed by atoms with van der Waals surface area (Å²) in [7, 11) is -3.47. The maximum Gasteiger partial charge on any atom is 0.252 e.